The minimum absolute atomic E-state index is 0.281. The third kappa shape index (κ3) is 4.95. The topological polar surface area (TPSA) is 111 Å². The fourth-order valence-corrected chi connectivity index (χ4v) is 11.5. The molecule has 9 nitrogen and oxygen atoms in total. The summed E-state index contributed by atoms with van der Waals surface area (Å²) < 4.78 is 15.3. The van der Waals surface area contributed by atoms with Gasteiger partial charge in [0.2, 0.25) is 8.32 Å². The number of anilines is 1. The van der Waals surface area contributed by atoms with E-state index in [1.165, 1.54) is 6.33 Å². The predicted molar refractivity (Wildman–Crippen MR) is 146 cm³/mol. The Bertz CT molecular complexity index is 1190. The fraction of sp³-hybridized carbons (Fsp3) is 0.556. The van der Waals surface area contributed by atoms with E-state index >= 15 is 0 Å². The maximum Gasteiger partial charge on any atom is 0.256 e. The van der Waals surface area contributed by atoms with Crippen molar-refractivity contribution in [3.8, 4) is 0 Å². The summed E-state index contributed by atoms with van der Waals surface area (Å²) in [7, 11) is -2.33. The number of nitrogens with zero attached hydrogens (tertiary/aromatic N) is 4. The zero-order chi connectivity index (χ0) is 26.9. The van der Waals surface area contributed by atoms with Crippen molar-refractivity contribution in [2.45, 2.75) is 96.1 Å². The van der Waals surface area contributed by atoms with Crippen LogP contribution < -0.4 is 5.32 Å². The van der Waals surface area contributed by atoms with E-state index in [2.05, 4.69) is 61.8 Å². The van der Waals surface area contributed by atoms with E-state index in [0.717, 1.165) is 0 Å². The van der Waals surface area contributed by atoms with Crippen LogP contribution in [0.5, 0.6) is 0 Å². The van der Waals surface area contributed by atoms with E-state index in [0.29, 0.717) is 45.6 Å². The number of carbonyl (C=O) groups is 1. The lowest BCUT2D eigenvalue weighted by atomic mass is 10.1. The van der Waals surface area contributed by atoms with Crippen LogP contribution in [0, 0.1) is 0 Å². The Balaban J connectivity index is 1.72. The smallest absolute Gasteiger partial charge is 0.256 e. The first kappa shape index (κ1) is 27.4. The average molecular weight is 526 g/mol. The normalized spacial score (nSPS) is 22.5. The van der Waals surface area contributed by atoms with E-state index in [1.54, 1.807) is 35.2 Å². The highest BCUT2D eigenvalue weighted by Crippen LogP contribution is 2.46. The van der Waals surface area contributed by atoms with Crippen molar-refractivity contribution < 1.29 is 19.1 Å². The number of rotatable bonds is 9. The molecule has 2 aromatic heterocycles. The second-order valence-electron chi connectivity index (χ2n) is 10.7. The molecule has 1 fully saturated rings. The quantitative estimate of drug-likeness (QED) is 0.364. The molecule has 3 aromatic rings. The Hall–Kier alpha value is -2.66. The lowest BCUT2D eigenvalue weighted by Gasteiger charge is -2.45. The summed E-state index contributed by atoms with van der Waals surface area (Å²) in [5.41, 5.74) is 2.52. The van der Waals surface area contributed by atoms with E-state index in [9.17, 15) is 9.90 Å². The van der Waals surface area contributed by atoms with Crippen LogP contribution >= 0.6 is 0 Å². The molecule has 0 spiro atoms. The van der Waals surface area contributed by atoms with Gasteiger partial charge in [0, 0.05) is 5.56 Å². The molecule has 0 saturated carbocycles. The summed E-state index contributed by atoms with van der Waals surface area (Å²) >= 11 is 0. The molecule has 4 atom stereocenters. The molecule has 1 amide bonds. The van der Waals surface area contributed by atoms with Gasteiger partial charge in [0.05, 0.1) is 12.4 Å². The Morgan fingerprint density at radius 1 is 1.08 bits per heavy atom. The van der Waals surface area contributed by atoms with Crippen LogP contribution in [0.1, 0.15) is 71.5 Å². The third-order valence-corrected chi connectivity index (χ3v) is 13.8. The van der Waals surface area contributed by atoms with Crippen LogP contribution in [-0.2, 0) is 9.16 Å². The van der Waals surface area contributed by atoms with Gasteiger partial charge in [-0.25, -0.2) is 15.0 Å². The highest BCUT2D eigenvalue weighted by Gasteiger charge is 2.53. The van der Waals surface area contributed by atoms with E-state index < -0.39 is 26.8 Å². The van der Waals surface area contributed by atoms with Crippen molar-refractivity contribution in [3.05, 3.63) is 48.5 Å². The number of hydrogen-bond acceptors (Lipinski definition) is 7. The highest BCUT2D eigenvalue weighted by molar-refractivity contribution is 6.77. The van der Waals surface area contributed by atoms with Gasteiger partial charge in [0.25, 0.3) is 5.91 Å². The van der Waals surface area contributed by atoms with Crippen molar-refractivity contribution in [3.63, 3.8) is 0 Å². The number of ether oxygens (including phenoxy) is 1. The Labute approximate surface area is 219 Å². The molecule has 2 N–H and O–H groups in total. The van der Waals surface area contributed by atoms with Crippen molar-refractivity contribution in [2.24, 2.45) is 0 Å². The molecule has 4 rings (SSSR count). The molecule has 37 heavy (non-hydrogen) atoms. The van der Waals surface area contributed by atoms with Crippen LogP contribution in [0.25, 0.3) is 11.2 Å². The number of aromatic nitrogens is 4. The van der Waals surface area contributed by atoms with Gasteiger partial charge in [-0.15, -0.1) is 0 Å². The minimum atomic E-state index is -2.33. The zero-order valence-corrected chi connectivity index (χ0v) is 23.8. The number of fused-ring (bicyclic) bond motifs is 1. The molecule has 0 aliphatic carbocycles. The van der Waals surface area contributed by atoms with E-state index in [4.69, 9.17) is 9.16 Å². The summed E-state index contributed by atoms with van der Waals surface area (Å²) in [6, 6.07) is 8.94. The molecule has 1 aliphatic rings. The number of hydrogen-bond donors (Lipinski definition) is 2. The number of imidazole rings is 1. The van der Waals surface area contributed by atoms with Gasteiger partial charge < -0.3 is 19.6 Å². The SMILES string of the molecule is CC[C@H]1O[C@@H](n2cnc3c(NC(=O)c4ccccc4)ncnc32)[C@H](O[Si](C(C)C)(C(C)C)C(C)C)[C@@H]1O. The maximum atomic E-state index is 12.8. The van der Waals surface area contributed by atoms with Gasteiger partial charge in [0.1, 0.15) is 18.5 Å². The molecule has 3 heterocycles. The lowest BCUT2D eigenvalue weighted by Crippen LogP contribution is -2.53. The second kappa shape index (κ2) is 11.0. The van der Waals surface area contributed by atoms with Crippen LogP contribution in [0.15, 0.2) is 43.0 Å². The molecular weight excluding hydrogens is 486 g/mol. The number of benzene rings is 1. The van der Waals surface area contributed by atoms with Crippen LogP contribution in [0.4, 0.5) is 5.82 Å². The third-order valence-electron chi connectivity index (χ3n) is 7.66. The Kier molecular flexibility index (Phi) is 8.13. The van der Waals surface area contributed by atoms with Gasteiger partial charge in [-0.05, 0) is 35.2 Å². The zero-order valence-electron chi connectivity index (χ0n) is 22.8. The number of aliphatic hydroxyl groups is 1. The summed E-state index contributed by atoms with van der Waals surface area (Å²) in [5, 5.41) is 14.2. The molecule has 0 radical (unpaired) electrons. The first-order valence-electron chi connectivity index (χ1n) is 13.2. The fourth-order valence-electron chi connectivity index (χ4n) is 5.95. The molecule has 1 aliphatic heterocycles. The van der Waals surface area contributed by atoms with E-state index in [1.807, 2.05) is 13.0 Å². The van der Waals surface area contributed by atoms with E-state index in [-0.39, 0.29) is 12.0 Å². The van der Waals surface area contributed by atoms with Crippen LogP contribution in [0.2, 0.25) is 16.6 Å². The largest absolute Gasteiger partial charge is 0.406 e. The summed E-state index contributed by atoms with van der Waals surface area (Å²) in [6.45, 7) is 15.3. The molecule has 10 heteroatoms. The van der Waals surface area contributed by atoms with Crippen LogP contribution in [0.3, 0.4) is 0 Å². The lowest BCUT2D eigenvalue weighted by molar-refractivity contribution is -0.0332. The summed E-state index contributed by atoms with van der Waals surface area (Å²) in [4.78, 5) is 26.0. The van der Waals surface area contributed by atoms with Gasteiger partial charge in [0.15, 0.2) is 23.2 Å². The summed E-state index contributed by atoms with van der Waals surface area (Å²) in [6.07, 6.45) is 1.34. The molecule has 1 saturated heterocycles. The minimum Gasteiger partial charge on any atom is -0.406 e. The number of carbonyl (C=O) groups excluding carboxylic acids is 1. The van der Waals surface area contributed by atoms with Crippen molar-refractivity contribution >= 4 is 31.2 Å². The number of nitrogens with one attached hydrogen (secondary N) is 1. The second-order valence-corrected chi connectivity index (χ2v) is 16.1. The molecule has 1 aromatic carbocycles. The monoisotopic (exact) mass is 525 g/mol. The van der Waals surface area contributed by atoms with Crippen molar-refractivity contribution in [2.75, 3.05) is 5.32 Å². The van der Waals surface area contributed by atoms with Gasteiger partial charge in [-0.2, -0.15) is 0 Å². The molecule has 0 unspecified atom stereocenters. The maximum absolute atomic E-state index is 12.8. The predicted octanol–water partition coefficient (Wildman–Crippen LogP) is 5.31. The number of aliphatic hydroxyl groups excluding tert-OH is 1. The highest BCUT2D eigenvalue weighted by atomic mass is 28.4. The Morgan fingerprint density at radius 3 is 2.32 bits per heavy atom. The van der Waals surface area contributed by atoms with Crippen LogP contribution in [-0.4, -0.2) is 57.2 Å². The first-order valence-corrected chi connectivity index (χ1v) is 15.3. The molecule has 0 bridgehead atoms. The first-order chi connectivity index (χ1) is 17.6. The van der Waals surface area contributed by atoms with Gasteiger partial charge in [-0.1, -0.05) is 66.7 Å². The molecule has 200 valence electrons. The average Bonchev–Trinajstić information content (AvgIpc) is 3.43. The standard InChI is InChI=1S/C27H39N5O4Si/c1-8-20-22(33)23(36-37(16(2)3,17(4)5)18(6)7)27(35-20)32-15-30-21-24(28-14-29-25(21)32)31-26(34)19-12-10-9-11-13-19/h9-18,20,22-23,27,33H,8H2,1-7H3,(H,28,29,31,34)/t20-,22-,23-,27-/m1/s1. The van der Waals surface area contributed by atoms with Gasteiger partial charge in [-0.3, -0.25) is 9.36 Å². The summed E-state index contributed by atoms with van der Waals surface area (Å²) in [5.74, 6) is 0.0347. The number of amides is 1. The van der Waals surface area contributed by atoms with Crippen molar-refractivity contribution in [1.29, 1.82) is 0 Å². The van der Waals surface area contributed by atoms with Crippen molar-refractivity contribution in [1.82, 2.24) is 19.5 Å². The van der Waals surface area contributed by atoms with Gasteiger partial charge >= 0.3 is 0 Å². The Morgan fingerprint density at radius 2 is 1.73 bits per heavy atom. The molecular formula is C27H39N5O4Si.